The fourth-order valence-corrected chi connectivity index (χ4v) is 2.60. The molecule has 1 fully saturated rings. The van der Waals surface area contributed by atoms with Crippen LogP contribution in [0.15, 0.2) is 18.2 Å². The summed E-state index contributed by atoms with van der Waals surface area (Å²) in [6.45, 7) is 6.37. The fourth-order valence-electron chi connectivity index (χ4n) is 2.36. The molecule has 1 aromatic carbocycles. The van der Waals surface area contributed by atoms with Crippen LogP contribution in [0.25, 0.3) is 0 Å². The van der Waals surface area contributed by atoms with Gasteiger partial charge in [-0.3, -0.25) is 14.9 Å². The molecule has 0 radical (unpaired) electrons. The van der Waals surface area contributed by atoms with E-state index in [-0.39, 0.29) is 22.4 Å². The lowest BCUT2D eigenvalue weighted by Crippen LogP contribution is -2.57. The zero-order valence-electron chi connectivity index (χ0n) is 12.1. The highest BCUT2D eigenvalue weighted by atomic mass is 35.5. The maximum absolute atomic E-state index is 12.7. The van der Waals surface area contributed by atoms with Crippen molar-refractivity contribution in [1.82, 2.24) is 4.90 Å². The van der Waals surface area contributed by atoms with Crippen molar-refractivity contribution < 1.29 is 14.5 Å². The van der Waals surface area contributed by atoms with Gasteiger partial charge in [-0.1, -0.05) is 17.7 Å². The number of rotatable bonds is 2. The number of hydrogen-bond acceptors (Lipinski definition) is 4. The number of carbonyl (C=O) groups is 1. The Bertz CT molecular complexity index is 588. The molecule has 21 heavy (non-hydrogen) atoms. The molecule has 0 N–H and O–H groups in total. The van der Waals surface area contributed by atoms with Crippen molar-refractivity contribution in [3.8, 4) is 0 Å². The summed E-state index contributed by atoms with van der Waals surface area (Å²) < 4.78 is 5.56. The van der Waals surface area contributed by atoms with E-state index >= 15 is 0 Å². The predicted molar refractivity (Wildman–Crippen MR) is 78.6 cm³/mol. The van der Waals surface area contributed by atoms with E-state index in [4.69, 9.17) is 16.3 Å². The Kier molecular flexibility index (Phi) is 4.20. The number of para-hydroxylation sites is 1. The molecule has 1 heterocycles. The normalized spacial score (nSPS) is 21.1. The SMILES string of the molecule is C[C@H]1CN(C(=O)c2cccc(Cl)c2[N+](=O)[O-])C(C)(C)CO1. The molecule has 6 nitrogen and oxygen atoms in total. The summed E-state index contributed by atoms with van der Waals surface area (Å²) in [5.74, 6) is -0.399. The van der Waals surface area contributed by atoms with Crippen molar-refractivity contribution in [3.63, 3.8) is 0 Å². The lowest BCUT2D eigenvalue weighted by atomic mass is 9.99. The van der Waals surface area contributed by atoms with Gasteiger partial charge in [0, 0.05) is 6.54 Å². The molecule has 1 aromatic rings. The van der Waals surface area contributed by atoms with Crippen LogP contribution in [0.5, 0.6) is 0 Å². The van der Waals surface area contributed by atoms with Crippen molar-refractivity contribution in [2.75, 3.05) is 13.2 Å². The van der Waals surface area contributed by atoms with Gasteiger partial charge in [0.25, 0.3) is 5.91 Å². The third kappa shape index (κ3) is 3.01. The number of hydrogen-bond donors (Lipinski definition) is 0. The highest BCUT2D eigenvalue weighted by Gasteiger charge is 2.39. The number of nitrogens with zero attached hydrogens (tertiary/aromatic N) is 2. The Morgan fingerprint density at radius 2 is 2.19 bits per heavy atom. The van der Waals surface area contributed by atoms with Crippen LogP contribution in [0.3, 0.4) is 0 Å². The number of amides is 1. The van der Waals surface area contributed by atoms with Gasteiger partial charge in [0.05, 0.1) is 23.2 Å². The lowest BCUT2D eigenvalue weighted by molar-refractivity contribution is -0.385. The van der Waals surface area contributed by atoms with Crippen LogP contribution in [-0.4, -0.2) is 40.5 Å². The lowest BCUT2D eigenvalue weighted by Gasteiger charge is -2.44. The van der Waals surface area contributed by atoms with E-state index in [2.05, 4.69) is 0 Å². The van der Waals surface area contributed by atoms with E-state index in [1.54, 1.807) is 11.0 Å². The van der Waals surface area contributed by atoms with E-state index < -0.39 is 16.4 Å². The molecular weight excluding hydrogens is 296 g/mol. The first-order chi connectivity index (χ1) is 9.74. The molecule has 0 aliphatic carbocycles. The quantitative estimate of drug-likeness (QED) is 0.621. The van der Waals surface area contributed by atoms with Crippen molar-refractivity contribution >= 4 is 23.2 Å². The van der Waals surface area contributed by atoms with E-state index in [9.17, 15) is 14.9 Å². The minimum Gasteiger partial charge on any atom is -0.374 e. The molecule has 1 atom stereocenters. The molecule has 7 heteroatoms. The van der Waals surface area contributed by atoms with Gasteiger partial charge in [0.2, 0.25) is 0 Å². The summed E-state index contributed by atoms with van der Waals surface area (Å²) in [6, 6.07) is 4.38. The van der Waals surface area contributed by atoms with Gasteiger partial charge in [-0.05, 0) is 32.9 Å². The highest BCUT2D eigenvalue weighted by molar-refractivity contribution is 6.33. The zero-order valence-corrected chi connectivity index (χ0v) is 12.9. The second-order valence-corrected chi connectivity index (χ2v) is 6.15. The minimum absolute atomic E-state index is 0.00896. The van der Waals surface area contributed by atoms with Crippen LogP contribution in [0.2, 0.25) is 5.02 Å². The smallest absolute Gasteiger partial charge is 0.300 e. The molecule has 1 saturated heterocycles. The van der Waals surface area contributed by atoms with Crippen LogP contribution < -0.4 is 0 Å². The van der Waals surface area contributed by atoms with Crippen molar-refractivity contribution in [1.29, 1.82) is 0 Å². The van der Waals surface area contributed by atoms with Crippen LogP contribution in [-0.2, 0) is 4.74 Å². The number of carbonyl (C=O) groups excluding carboxylic acids is 1. The van der Waals surface area contributed by atoms with Crippen molar-refractivity contribution in [3.05, 3.63) is 38.9 Å². The molecule has 1 aliphatic rings. The van der Waals surface area contributed by atoms with Crippen LogP contribution in [0.1, 0.15) is 31.1 Å². The Morgan fingerprint density at radius 1 is 1.52 bits per heavy atom. The number of halogens is 1. The van der Waals surface area contributed by atoms with Crippen molar-refractivity contribution in [2.24, 2.45) is 0 Å². The average molecular weight is 313 g/mol. The van der Waals surface area contributed by atoms with Gasteiger partial charge >= 0.3 is 5.69 Å². The predicted octanol–water partition coefficient (Wildman–Crippen LogP) is 2.89. The summed E-state index contributed by atoms with van der Waals surface area (Å²) in [5.41, 5.74) is -0.867. The third-order valence-electron chi connectivity index (χ3n) is 3.54. The summed E-state index contributed by atoms with van der Waals surface area (Å²) in [5, 5.41) is 11.1. The first-order valence-electron chi connectivity index (χ1n) is 6.60. The number of morpholine rings is 1. The first-order valence-corrected chi connectivity index (χ1v) is 6.98. The second kappa shape index (κ2) is 5.61. The topological polar surface area (TPSA) is 72.7 Å². The van der Waals surface area contributed by atoms with E-state index in [0.29, 0.717) is 13.2 Å². The molecule has 0 aromatic heterocycles. The summed E-state index contributed by atoms with van der Waals surface area (Å²) in [4.78, 5) is 24.9. The number of ether oxygens (including phenoxy) is 1. The van der Waals surface area contributed by atoms with Gasteiger partial charge < -0.3 is 9.64 Å². The molecule has 0 saturated carbocycles. The van der Waals surface area contributed by atoms with E-state index in [0.717, 1.165) is 0 Å². The van der Waals surface area contributed by atoms with E-state index in [1.807, 2.05) is 20.8 Å². The Balaban J connectivity index is 2.44. The molecule has 1 aliphatic heterocycles. The minimum atomic E-state index is -0.619. The average Bonchev–Trinajstić information content (AvgIpc) is 2.40. The van der Waals surface area contributed by atoms with Crippen LogP contribution in [0, 0.1) is 10.1 Å². The summed E-state index contributed by atoms with van der Waals surface area (Å²) >= 11 is 5.87. The van der Waals surface area contributed by atoms with Crippen LogP contribution >= 0.6 is 11.6 Å². The second-order valence-electron chi connectivity index (χ2n) is 5.74. The monoisotopic (exact) mass is 312 g/mol. The van der Waals surface area contributed by atoms with E-state index in [1.165, 1.54) is 12.1 Å². The molecule has 0 spiro atoms. The Labute approximate surface area is 127 Å². The maximum Gasteiger partial charge on any atom is 0.300 e. The molecular formula is C14H17ClN2O4. The Hall–Kier alpha value is -1.66. The summed E-state index contributed by atoms with van der Waals surface area (Å²) in [6.07, 6.45) is -0.111. The fraction of sp³-hybridized carbons (Fsp3) is 0.500. The standard InChI is InChI=1S/C14H17ClN2O4/c1-9-7-16(14(2,3)8-21-9)13(18)10-5-4-6-11(15)12(10)17(19)20/h4-6,9H,7-8H2,1-3H3/t9-/m0/s1. The van der Waals surface area contributed by atoms with Gasteiger partial charge in [-0.15, -0.1) is 0 Å². The zero-order chi connectivity index (χ0) is 15.8. The molecule has 0 unspecified atom stereocenters. The van der Waals surface area contributed by atoms with Gasteiger partial charge in [0.15, 0.2) is 0 Å². The largest absolute Gasteiger partial charge is 0.374 e. The van der Waals surface area contributed by atoms with Gasteiger partial charge in [-0.2, -0.15) is 0 Å². The third-order valence-corrected chi connectivity index (χ3v) is 3.84. The Morgan fingerprint density at radius 3 is 2.81 bits per heavy atom. The van der Waals surface area contributed by atoms with Crippen LogP contribution in [0.4, 0.5) is 5.69 Å². The molecule has 0 bridgehead atoms. The maximum atomic E-state index is 12.7. The van der Waals surface area contributed by atoms with Gasteiger partial charge in [-0.25, -0.2) is 0 Å². The molecule has 2 rings (SSSR count). The molecule has 114 valence electrons. The number of benzene rings is 1. The molecule has 1 amide bonds. The van der Waals surface area contributed by atoms with Crippen molar-refractivity contribution in [2.45, 2.75) is 32.4 Å². The number of nitro benzene ring substituents is 1. The number of nitro groups is 1. The van der Waals surface area contributed by atoms with Gasteiger partial charge in [0.1, 0.15) is 10.6 Å². The first kappa shape index (κ1) is 15.7. The highest BCUT2D eigenvalue weighted by Crippen LogP contribution is 2.32. The summed E-state index contributed by atoms with van der Waals surface area (Å²) in [7, 11) is 0.